The number of nitriles is 1. The molecular weight excluding hydrogens is 258 g/mol. The second kappa shape index (κ2) is 5.99. The van der Waals surface area contributed by atoms with Crippen LogP contribution in [0.5, 0.6) is 0 Å². The number of nitrogens with two attached hydrogens (primary N) is 1. The highest BCUT2D eigenvalue weighted by atomic mass is 15.2. The highest BCUT2D eigenvalue weighted by molar-refractivity contribution is 5.52. The maximum Gasteiger partial charge on any atom is 0.0641 e. The van der Waals surface area contributed by atoms with E-state index in [1.165, 1.54) is 16.7 Å². The van der Waals surface area contributed by atoms with Crippen molar-refractivity contribution in [3.8, 4) is 6.07 Å². The molecule has 0 spiro atoms. The Labute approximate surface area is 125 Å². The molecule has 0 amide bonds. The summed E-state index contributed by atoms with van der Waals surface area (Å²) in [6.45, 7) is 1.81. The number of hydrogen-bond donors (Lipinski definition) is 1. The Balaban J connectivity index is 1.88. The van der Waals surface area contributed by atoms with Crippen LogP contribution in [0.3, 0.4) is 0 Å². The second-order valence-corrected chi connectivity index (χ2v) is 5.49. The third-order valence-electron chi connectivity index (χ3n) is 4.24. The monoisotopic (exact) mass is 277 g/mol. The van der Waals surface area contributed by atoms with Gasteiger partial charge in [-0.25, -0.2) is 0 Å². The first-order valence-electron chi connectivity index (χ1n) is 7.32. The van der Waals surface area contributed by atoms with Gasteiger partial charge in [0, 0.05) is 24.8 Å². The van der Waals surface area contributed by atoms with Crippen LogP contribution in [-0.4, -0.2) is 11.4 Å². The molecule has 1 heterocycles. The molecule has 0 bridgehead atoms. The normalized spacial score (nSPS) is 16.0. The van der Waals surface area contributed by atoms with Gasteiger partial charge in [0.25, 0.3) is 0 Å². The average Bonchev–Trinajstić information content (AvgIpc) is 2.53. The fourth-order valence-corrected chi connectivity index (χ4v) is 3.15. The molecule has 1 aliphatic heterocycles. The van der Waals surface area contributed by atoms with Crippen molar-refractivity contribution >= 4 is 5.69 Å². The summed E-state index contributed by atoms with van der Waals surface area (Å²) < 4.78 is 0. The largest absolute Gasteiger partial charge is 0.398 e. The Hall–Kier alpha value is -2.31. The highest BCUT2D eigenvalue weighted by Crippen LogP contribution is 2.31. The van der Waals surface area contributed by atoms with Crippen molar-refractivity contribution in [2.45, 2.75) is 25.4 Å². The Kier molecular flexibility index (Phi) is 3.89. The Morgan fingerprint density at radius 1 is 1.14 bits per heavy atom. The van der Waals surface area contributed by atoms with E-state index in [0.29, 0.717) is 6.42 Å². The number of hydrogen-bond acceptors (Lipinski definition) is 3. The summed E-state index contributed by atoms with van der Waals surface area (Å²) in [7, 11) is 0. The van der Waals surface area contributed by atoms with Gasteiger partial charge in [-0.3, -0.25) is 4.90 Å². The fourth-order valence-electron chi connectivity index (χ4n) is 3.15. The van der Waals surface area contributed by atoms with Crippen LogP contribution in [0.4, 0.5) is 5.69 Å². The van der Waals surface area contributed by atoms with E-state index in [1.807, 2.05) is 30.3 Å². The molecular formula is C18H19N3. The van der Waals surface area contributed by atoms with Gasteiger partial charge in [-0.15, -0.1) is 0 Å². The molecule has 0 aromatic heterocycles. The molecule has 1 aliphatic rings. The first-order valence-corrected chi connectivity index (χ1v) is 7.32. The molecule has 0 saturated carbocycles. The molecule has 3 heteroatoms. The van der Waals surface area contributed by atoms with Crippen LogP contribution in [0.1, 0.15) is 29.2 Å². The quantitative estimate of drug-likeness (QED) is 0.876. The molecule has 1 unspecified atom stereocenters. The standard InChI is InChI=1S/C18H19N3/c19-11-9-18(14-5-2-1-3-6-14)21-12-10-16-15(13-21)7-4-8-17(16)20/h1-8,18H,9-10,12-13,20H2. The summed E-state index contributed by atoms with van der Waals surface area (Å²) in [4.78, 5) is 2.39. The van der Waals surface area contributed by atoms with Gasteiger partial charge in [0.2, 0.25) is 0 Å². The van der Waals surface area contributed by atoms with E-state index in [1.54, 1.807) is 0 Å². The summed E-state index contributed by atoms with van der Waals surface area (Å²) in [5, 5.41) is 9.17. The van der Waals surface area contributed by atoms with E-state index in [4.69, 9.17) is 5.73 Å². The number of benzene rings is 2. The number of nitrogens with zero attached hydrogens (tertiary/aromatic N) is 2. The van der Waals surface area contributed by atoms with Gasteiger partial charge in [-0.2, -0.15) is 5.26 Å². The summed E-state index contributed by atoms with van der Waals surface area (Å²) in [6.07, 6.45) is 1.47. The molecule has 0 aliphatic carbocycles. The molecule has 0 fully saturated rings. The first-order chi connectivity index (χ1) is 10.3. The predicted molar refractivity (Wildman–Crippen MR) is 84.4 cm³/mol. The van der Waals surface area contributed by atoms with E-state index in [-0.39, 0.29) is 6.04 Å². The third-order valence-corrected chi connectivity index (χ3v) is 4.24. The number of anilines is 1. The molecule has 0 radical (unpaired) electrons. The lowest BCUT2D eigenvalue weighted by molar-refractivity contribution is 0.181. The summed E-state index contributed by atoms with van der Waals surface area (Å²) in [6, 6.07) is 18.9. The molecule has 21 heavy (non-hydrogen) atoms. The zero-order valence-electron chi connectivity index (χ0n) is 12.0. The van der Waals surface area contributed by atoms with E-state index in [0.717, 1.165) is 25.2 Å². The van der Waals surface area contributed by atoms with Crippen molar-refractivity contribution in [3.63, 3.8) is 0 Å². The van der Waals surface area contributed by atoms with Crippen molar-refractivity contribution in [3.05, 3.63) is 65.2 Å². The second-order valence-electron chi connectivity index (χ2n) is 5.49. The van der Waals surface area contributed by atoms with Crippen molar-refractivity contribution in [2.24, 2.45) is 0 Å². The summed E-state index contributed by atoms with van der Waals surface area (Å²) >= 11 is 0. The minimum Gasteiger partial charge on any atom is -0.398 e. The molecule has 1 atom stereocenters. The van der Waals surface area contributed by atoms with Gasteiger partial charge in [0.15, 0.2) is 0 Å². The maximum absolute atomic E-state index is 9.17. The predicted octanol–water partition coefficient (Wildman–Crippen LogP) is 3.28. The molecule has 2 aromatic carbocycles. The molecule has 106 valence electrons. The van der Waals surface area contributed by atoms with Gasteiger partial charge in [-0.1, -0.05) is 42.5 Å². The smallest absolute Gasteiger partial charge is 0.0641 e. The number of rotatable bonds is 3. The fraction of sp³-hybridized carbons (Fsp3) is 0.278. The minimum absolute atomic E-state index is 0.158. The number of fused-ring (bicyclic) bond motifs is 1. The van der Waals surface area contributed by atoms with Crippen LogP contribution in [0, 0.1) is 11.3 Å². The SMILES string of the molecule is N#CCC(c1ccccc1)N1CCc2c(N)cccc2C1. The van der Waals surface area contributed by atoms with E-state index in [2.05, 4.69) is 29.2 Å². The number of nitrogen functional groups attached to an aromatic ring is 1. The Morgan fingerprint density at radius 3 is 2.71 bits per heavy atom. The zero-order valence-corrected chi connectivity index (χ0v) is 12.0. The molecule has 0 saturated heterocycles. The van der Waals surface area contributed by atoms with E-state index < -0.39 is 0 Å². The zero-order chi connectivity index (χ0) is 14.7. The van der Waals surface area contributed by atoms with Crippen LogP contribution in [0.25, 0.3) is 0 Å². The molecule has 3 rings (SSSR count). The average molecular weight is 277 g/mol. The van der Waals surface area contributed by atoms with Crippen molar-refractivity contribution in [1.29, 1.82) is 5.26 Å². The third kappa shape index (κ3) is 2.76. The van der Waals surface area contributed by atoms with Crippen LogP contribution in [0.2, 0.25) is 0 Å². The lowest BCUT2D eigenvalue weighted by Gasteiger charge is -2.35. The lowest BCUT2D eigenvalue weighted by Crippen LogP contribution is -2.34. The van der Waals surface area contributed by atoms with E-state index >= 15 is 0 Å². The van der Waals surface area contributed by atoms with E-state index in [9.17, 15) is 5.26 Å². The van der Waals surface area contributed by atoms with Gasteiger partial charge < -0.3 is 5.73 Å². The lowest BCUT2D eigenvalue weighted by atomic mass is 9.94. The Bertz CT molecular complexity index is 658. The van der Waals surface area contributed by atoms with Crippen molar-refractivity contribution in [2.75, 3.05) is 12.3 Å². The van der Waals surface area contributed by atoms with Crippen LogP contribution in [-0.2, 0) is 13.0 Å². The molecule has 2 aromatic rings. The van der Waals surface area contributed by atoms with Crippen molar-refractivity contribution in [1.82, 2.24) is 4.90 Å². The van der Waals surface area contributed by atoms with Crippen LogP contribution in [0.15, 0.2) is 48.5 Å². The van der Waals surface area contributed by atoms with Crippen LogP contribution < -0.4 is 5.73 Å². The molecule has 3 nitrogen and oxygen atoms in total. The summed E-state index contributed by atoms with van der Waals surface area (Å²) in [5.74, 6) is 0. The maximum atomic E-state index is 9.17. The topological polar surface area (TPSA) is 53.0 Å². The highest BCUT2D eigenvalue weighted by Gasteiger charge is 2.25. The van der Waals surface area contributed by atoms with Gasteiger partial charge >= 0.3 is 0 Å². The summed E-state index contributed by atoms with van der Waals surface area (Å²) in [5.41, 5.74) is 10.7. The van der Waals surface area contributed by atoms with Crippen LogP contribution >= 0.6 is 0 Å². The molecule has 2 N–H and O–H groups in total. The van der Waals surface area contributed by atoms with Gasteiger partial charge in [0.05, 0.1) is 12.5 Å². The van der Waals surface area contributed by atoms with Gasteiger partial charge in [0.1, 0.15) is 0 Å². The Morgan fingerprint density at radius 2 is 1.95 bits per heavy atom. The first kappa shape index (κ1) is 13.7. The van der Waals surface area contributed by atoms with Crippen molar-refractivity contribution < 1.29 is 0 Å². The minimum atomic E-state index is 0.158. The van der Waals surface area contributed by atoms with Gasteiger partial charge in [-0.05, 0) is 29.2 Å².